The molecule has 1 amide bonds. The Kier molecular flexibility index (Phi) is 4.39. The number of oxazole rings is 1. The second-order valence-corrected chi connectivity index (χ2v) is 6.97. The summed E-state index contributed by atoms with van der Waals surface area (Å²) in [6.07, 6.45) is 1.26. The number of likely N-dealkylation sites (tertiary alicyclic amines) is 1. The first-order valence-corrected chi connectivity index (χ1v) is 9.05. The molecule has 6 nitrogen and oxygen atoms in total. The van der Waals surface area contributed by atoms with E-state index in [1.807, 2.05) is 36.1 Å². The van der Waals surface area contributed by atoms with Gasteiger partial charge < -0.3 is 9.32 Å². The molecular formula is C21H20N2O4. The summed E-state index contributed by atoms with van der Waals surface area (Å²) in [6, 6.07) is 12.6. The van der Waals surface area contributed by atoms with Crippen molar-refractivity contribution in [2.24, 2.45) is 5.92 Å². The minimum atomic E-state index is -0.530. The van der Waals surface area contributed by atoms with Crippen molar-refractivity contribution in [3.05, 3.63) is 69.7 Å². The normalized spacial score (nSPS) is 15.2. The molecule has 4 rings (SSSR count). The first-order chi connectivity index (χ1) is 13.0. The summed E-state index contributed by atoms with van der Waals surface area (Å²) in [4.78, 5) is 41.2. The monoisotopic (exact) mass is 364 g/mol. The van der Waals surface area contributed by atoms with E-state index in [0.717, 1.165) is 11.1 Å². The zero-order valence-corrected chi connectivity index (χ0v) is 15.0. The van der Waals surface area contributed by atoms with Gasteiger partial charge in [-0.25, -0.2) is 4.79 Å². The smallest absolute Gasteiger partial charge is 0.408 e. The highest BCUT2D eigenvalue weighted by molar-refractivity contribution is 6.00. The number of benzene rings is 2. The number of aryl methyl sites for hydroxylation is 1. The number of hydrogen-bond donors (Lipinski definition) is 1. The summed E-state index contributed by atoms with van der Waals surface area (Å²) in [5.41, 5.74) is 3.18. The average molecular weight is 364 g/mol. The fourth-order valence-corrected chi connectivity index (χ4v) is 3.66. The molecule has 1 aromatic heterocycles. The Morgan fingerprint density at radius 2 is 1.85 bits per heavy atom. The van der Waals surface area contributed by atoms with Gasteiger partial charge in [-0.2, -0.15) is 0 Å². The Hall–Kier alpha value is -3.15. The molecule has 0 unspecified atom stereocenters. The van der Waals surface area contributed by atoms with E-state index in [4.69, 9.17) is 4.42 Å². The fraction of sp³-hybridized carbons (Fsp3) is 0.286. The van der Waals surface area contributed by atoms with Crippen LogP contribution in [0.2, 0.25) is 0 Å². The minimum Gasteiger partial charge on any atom is -0.408 e. The van der Waals surface area contributed by atoms with Crippen molar-refractivity contribution in [2.75, 3.05) is 13.1 Å². The number of fused-ring (bicyclic) bond motifs is 1. The molecule has 138 valence electrons. The molecule has 0 radical (unpaired) electrons. The molecule has 1 saturated heterocycles. The number of nitrogens with zero attached hydrogens (tertiary/aromatic N) is 1. The van der Waals surface area contributed by atoms with Crippen molar-refractivity contribution in [1.82, 2.24) is 9.88 Å². The van der Waals surface area contributed by atoms with Gasteiger partial charge in [0.15, 0.2) is 11.4 Å². The molecule has 0 spiro atoms. The molecule has 0 saturated carbocycles. The third kappa shape index (κ3) is 3.30. The van der Waals surface area contributed by atoms with Crippen molar-refractivity contribution >= 4 is 22.8 Å². The number of nitrogens with one attached hydrogen (secondary N) is 1. The molecule has 3 aromatic rings. The lowest BCUT2D eigenvalue weighted by Gasteiger charge is -2.31. The first kappa shape index (κ1) is 17.3. The molecule has 0 bridgehead atoms. The number of hydrogen-bond acceptors (Lipinski definition) is 4. The minimum absolute atomic E-state index is 0.0227. The average Bonchev–Trinajstić information content (AvgIpc) is 3.06. The van der Waals surface area contributed by atoms with E-state index in [1.54, 1.807) is 18.2 Å². The number of rotatable bonds is 3. The maximum atomic E-state index is 12.8. The first-order valence-electron chi connectivity index (χ1n) is 9.05. The second kappa shape index (κ2) is 6.87. The lowest BCUT2D eigenvalue weighted by molar-refractivity contribution is 0.0649. The number of carbonyl (C=O) groups is 2. The van der Waals surface area contributed by atoms with Gasteiger partial charge in [0.2, 0.25) is 0 Å². The van der Waals surface area contributed by atoms with Gasteiger partial charge in [0.05, 0.1) is 5.52 Å². The van der Waals surface area contributed by atoms with Crippen LogP contribution < -0.4 is 5.76 Å². The highest BCUT2D eigenvalue weighted by atomic mass is 16.4. The van der Waals surface area contributed by atoms with Crippen LogP contribution in [0.25, 0.3) is 11.1 Å². The zero-order chi connectivity index (χ0) is 19.0. The summed E-state index contributed by atoms with van der Waals surface area (Å²) in [7, 11) is 0. The largest absolute Gasteiger partial charge is 0.417 e. The molecule has 2 aromatic carbocycles. The molecule has 1 aliphatic rings. The highest BCUT2D eigenvalue weighted by Crippen LogP contribution is 2.25. The van der Waals surface area contributed by atoms with Crippen LogP contribution in [0.1, 0.15) is 39.1 Å². The Labute approximate surface area is 155 Å². The van der Waals surface area contributed by atoms with Crippen LogP contribution >= 0.6 is 0 Å². The fourth-order valence-electron chi connectivity index (χ4n) is 3.66. The van der Waals surface area contributed by atoms with E-state index in [0.29, 0.717) is 42.6 Å². The topological polar surface area (TPSA) is 83.4 Å². The van der Waals surface area contributed by atoms with E-state index in [-0.39, 0.29) is 17.6 Å². The van der Waals surface area contributed by atoms with Crippen LogP contribution in [0.4, 0.5) is 0 Å². The summed E-state index contributed by atoms with van der Waals surface area (Å²) in [5, 5.41) is 0. The molecule has 0 atom stereocenters. The molecule has 6 heteroatoms. The molecule has 0 aliphatic carbocycles. The quantitative estimate of drug-likeness (QED) is 0.724. The van der Waals surface area contributed by atoms with Crippen LogP contribution in [-0.4, -0.2) is 34.7 Å². The van der Waals surface area contributed by atoms with Gasteiger partial charge in [-0.1, -0.05) is 18.2 Å². The number of amides is 1. The third-order valence-corrected chi connectivity index (χ3v) is 5.23. The number of aromatic nitrogens is 1. The summed E-state index contributed by atoms with van der Waals surface area (Å²) >= 11 is 0. The number of ketones is 1. The van der Waals surface area contributed by atoms with Gasteiger partial charge in [0.25, 0.3) is 5.91 Å². The van der Waals surface area contributed by atoms with Gasteiger partial charge in [-0.15, -0.1) is 0 Å². The predicted octanol–water partition coefficient (Wildman–Crippen LogP) is 3.16. The van der Waals surface area contributed by atoms with Crippen molar-refractivity contribution in [3.63, 3.8) is 0 Å². The lowest BCUT2D eigenvalue weighted by atomic mass is 9.88. The second-order valence-electron chi connectivity index (χ2n) is 6.97. The van der Waals surface area contributed by atoms with E-state index in [1.165, 1.54) is 0 Å². The Morgan fingerprint density at radius 3 is 2.59 bits per heavy atom. The Balaban J connectivity index is 1.45. The predicted molar refractivity (Wildman–Crippen MR) is 101 cm³/mol. The molecule has 27 heavy (non-hydrogen) atoms. The van der Waals surface area contributed by atoms with Crippen LogP contribution in [-0.2, 0) is 0 Å². The Morgan fingerprint density at radius 1 is 1.11 bits per heavy atom. The van der Waals surface area contributed by atoms with Crippen molar-refractivity contribution in [2.45, 2.75) is 19.8 Å². The van der Waals surface area contributed by atoms with E-state index in [2.05, 4.69) is 4.98 Å². The van der Waals surface area contributed by atoms with Gasteiger partial charge in [-0.05, 0) is 49.6 Å². The number of piperidine rings is 1. The summed E-state index contributed by atoms with van der Waals surface area (Å²) < 4.78 is 5.04. The van der Waals surface area contributed by atoms with Crippen LogP contribution in [0.15, 0.2) is 51.7 Å². The molecular weight excluding hydrogens is 344 g/mol. The maximum Gasteiger partial charge on any atom is 0.417 e. The molecule has 2 heterocycles. The van der Waals surface area contributed by atoms with Crippen molar-refractivity contribution in [3.8, 4) is 0 Å². The van der Waals surface area contributed by atoms with Gasteiger partial charge >= 0.3 is 5.76 Å². The van der Waals surface area contributed by atoms with E-state index in [9.17, 15) is 14.4 Å². The number of H-pyrrole nitrogens is 1. The Bertz CT molecular complexity index is 1070. The zero-order valence-electron chi connectivity index (χ0n) is 15.0. The number of carbonyl (C=O) groups excluding carboxylic acids is 2. The lowest BCUT2D eigenvalue weighted by Crippen LogP contribution is -2.40. The van der Waals surface area contributed by atoms with Crippen molar-refractivity contribution < 1.29 is 14.0 Å². The third-order valence-electron chi connectivity index (χ3n) is 5.23. The van der Waals surface area contributed by atoms with Crippen LogP contribution in [0.5, 0.6) is 0 Å². The SMILES string of the molecule is Cc1ccccc1C(=O)N1CCC(C(=O)c2ccc3[nH]c(=O)oc3c2)CC1. The number of aromatic amines is 1. The maximum absolute atomic E-state index is 12.8. The molecule has 1 aliphatic heterocycles. The van der Waals surface area contributed by atoms with Gasteiger partial charge in [-0.3, -0.25) is 14.6 Å². The summed E-state index contributed by atoms with van der Waals surface area (Å²) in [5.74, 6) is -0.607. The van der Waals surface area contributed by atoms with E-state index < -0.39 is 5.76 Å². The van der Waals surface area contributed by atoms with Gasteiger partial charge in [0.1, 0.15) is 0 Å². The highest BCUT2D eigenvalue weighted by Gasteiger charge is 2.29. The molecule has 1 N–H and O–H groups in total. The van der Waals surface area contributed by atoms with Crippen molar-refractivity contribution in [1.29, 1.82) is 0 Å². The van der Waals surface area contributed by atoms with E-state index >= 15 is 0 Å². The molecule has 1 fully saturated rings. The van der Waals surface area contributed by atoms with Crippen LogP contribution in [0.3, 0.4) is 0 Å². The van der Waals surface area contributed by atoms with Gasteiger partial charge in [0, 0.05) is 30.1 Å². The summed E-state index contributed by atoms with van der Waals surface area (Å²) in [6.45, 7) is 3.05. The number of Topliss-reactive ketones (excluding diaryl/α,β-unsaturated/α-hetero) is 1. The standard InChI is InChI=1S/C21H20N2O4/c1-13-4-2-3-5-16(13)20(25)23-10-8-14(9-11-23)19(24)15-6-7-17-18(12-15)27-21(26)22-17/h2-7,12,14H,8-11H2,1H3,(H,22,26). The van der Waals surface area contributed by atoms with Crippen LogP contribution in [0, 0.1) is 12.8 Å².